The van der Waals surface area contributed by atoms with Crippen LogP contribution in [0.3, 0.4) is 0 Å². The first-order chi connectivity index (χ1) is 15.1. The Morgan fingerprint density at radius 2 is 1.71 bits per heavy atom. The Balaban J connectivity index is 1.39. The van der Waals surface area contributed by atoms with Crippen molar-refractivity contribution in [1.82, 2.24) is 9.88 Å². The molecule has 4 rings (SSSR count). The summed E-state index contributed by atoms with van der Waals surface area (Å²) in [5.74, 6) is 5.49. The van der Waals surface area contributed by atoms with Crippen LogP contribution in [0.25, 0.3) is 0 Å². The zero-order valence-electron chi connectivity index (χ0n) is 17.0. The van der Waals surface area contributed by atoms with E-state index in [9.17, 15) is 9.90 Å². The fourth-order valence-electron chi connectivity index (χ4n) is 3.64. The molecular formula is C25H23N3O3. The summed E-state index contributed by atoms with van der Waals surface area (Å²) in [7, 11) is 0. The topological polar surface area (TPSA) is 76.9 Å². The normalized spacial score (nSPS) is 14.0. The quantitative estimate of drug-likeness (QED) is 0.640. The number of carboxylic acid groups (broad SMARTS) is 1. The van der Waals surface area contributed by atoms with Crippen molar-refractivity contribution in [3.05, 3.63) is 89.2 Å². The van der Waals surface area contributed by atoms with Crippen LogP contribution in [0.1, 0.15) is 27.0 Å². The van der Waals surface area contributed by atoms with E-state index >= 15 is 0 Å². The molecule has 0 saturated carbocycles. The van der Waals surface area contributed by atoms with Gasteiger partial charge in [0, 0.05) is 55.7 Å². The molecule has 0 unspecified atom stereocenters. The molecule has 31 heavy (non-hydrogen) atoms. The zero-order chi connectivity index (χ0) is 21.6. The van der Waals surface area contributed by atoms with E-state index in [1.54, 1.807) is 24.4 Å². The van der Waals surface area contributed by atoms with Crippen molar-refractivity contribution in [1.29, 1.82) is 0 Å². The highest BCUT2D eigenvalue weighted by Crippen LogP contribution is 2.19. The van der Waals surface area contributed by atoms with Gasteiger partial charge in [-0.25, -0.2) is 4.79 Å². The fraction of sp³-hybridized carbons (Fsp3) is 0.200. The van der Waals surface area contributed by atoms with Crippen LogP contribution >= 0.6 is 0 Å². The number of hydrogen-bond donors (Lipinski definition) is 2. The molecule has 0 bridgehead atoms. The first-order valence-electron chi connectivity index (χ1n) is 10.1. The molecule has 0 spiro atoms. The van der Waals surface area contributed by atoms with Gasteiger partial charge in [-0.2, -0.15) is 0 Å². The van der Waals surface area contributed by atoms with E-state index in [4.69, 9.17) is 5.11 Å². The molecule has 0 radical (unpaired) electrons. The molecule has 0 aliphatic carbocycles. The molecule has 2 N–H and O–H groups in total. The Morgan fingerprint density at radius 1 is 0.968 bits per heavy atom. The van der Waals surface area contributed by atoms with Gasteiger partial charge in [-0.1, -0.05) is 30.0 Å². The summed E-state index contributed by atoms with van der Waals surface area (Å²) in [6.45, 7) is 4.41. The number of hydrogen-bond acceptors (Lipinski definition) is 5. The molecule has 6 heteroatoms. The summed E-state index contributed by atoms with van der Waals surface area (Å²) in [4.78, 5) is 19.7. The van der Waals surface area contributed by atoms with Crippen LogP contribution in [0.2, 0.25) is 0 Å². The van der Waals surface area contributed by atoms with E-state index in [0.29, 0.717) is 11.1 Å². The second-order valence-electron chi connectivity index (χ2n) is 7.45. The number of rotatable bonds is 4. The minimum atomic E-state index is -0.904. The van der Waals surface area contributed by atoms with E-state index in [1.807, 2.05) is 30.3 Å². The lowest BCUT2D eigenvalue weighted by Crippen LogP contribution is -2.46. The van der Waals surface area contributed by atoms with Crippen molar-refractivity contribution in [3.63, 3.8) is 0 Å². The lowest BCUT2D eigenvalue weighted by molar-refractivity contribution is 0.0697. The highest BCUT2D eigenvalue weighted by atomic mass is 16.4. The Kier molecular flexibility index (Phi) is 6.16. The molecular weight excluding hydrogens is 390 g/mol. The van der Waals surface area contributed by atoms with Crippen LogP contribution in [0, 0.1) is 11.8 Å². The summed E-state index contributed by atoms with van der Waals surface area (Å²) >= 11 is 0. The Labute approximate surface area is 181 Å². The van der Waals surface area contributed by atoms with Crippen LogP contribution in [0.15, 0.2) is 67.0 Å². The number of benzene rings is 2. The van der Waals surface area contributed by atoms with Gasteiger partial charge in [0.15, 0.2) is 0 Å². The van der Waals surface area contributed by atoms with Crippen molar-refractivity contribution in [2.75, 3.05) is 31.1 Å². The van der Waals surface area contributed by atoms with E-state index in [0.717, 1.165) is 44.0 Å². The van der Waals surface area contributed by atoms with E-state index in [-0.39, 0.29) is 5.75 Å². The van der Waals surface area contributed by atoms with Crippen molar-refractivity contribution in [2.24, 2.45) is 0 Å². The summed E-state index contributed by atoms with van der Waals surface area (Å²) < 4.78 is 0. The predicted octanol–water partition coefficient (Wildman–Crippen LogP) is 3.21. The number of piperazine rings is 1. The molecule has 0 atom stereocenters. The van der Waals surface area contributed by atoms with Crippen LogP contribution in [-0.2, 0) is 6.54 Å². The summed E-state index contributed by atoms with van der Waals surface area (Å²) in [6, 6.07) is 16.8. The SMILES string of the molecule is O=C(O)c1ccc(N2CCN(Cc3ccccc3C#Cc3cncc(O)c3)CC2)cc1. The van der Waals surface area contributed by atoms with Crippen molar-refractivity contribution in [2.45, 2.75) is 6.54 Å². The Bertz CT molecular complexity index is 1120. The van der Waals surface area contributed by atoms with E-state index in [2.05, 4.69) is 32.7 Å². The van der Waals surface area contributed by atoms with Gasteiger partial charge in [0.2, 0.25) is 0 Å². The van der Waals surface area contributed by atoms with Gasteiger partial charge < -0.3 is 15.1 Å². The van der Waals surface area contributed by atoms with Crippen LogP contribution in [0.5, 0.6) is 5.75 Å². The minimum Gasteiger partial charge on any atom is -0.506 e. The van der Waals surface area contributed by atoms with Gasteiger partial charge in [-0.3, -0.25) is 9.88 Å². The third kappa shape index (κ3) is 5.21. The minimum absolute atomic E-state index is 0.107. The molecule has 6 nitrogen and oxygen atoms in total. The summed E-state index contributed by atoms with van der Waals surface area (Å²) in [6.07, 6.45) is 3.02. The number of anilines is 1. The zero-order valence-corrected chi connectivity index (χ0v) is 17.0. The number of carboxylic acids is 1. The van der Waals surface area contributed by atoms with Gasteiger partial charge in [0.1, 0.15) is 5.75 Å². The molecule has 156 valence electrons. The van der Waals surface area contributed by atoms with E-state index < -0.39 is 5.97 Å². The maximum Gasteiger partial charge on any atom is 0.335 e. The standard InChI is InChI=1S/C25H23N3O3/c29-24-15-19(16-26-17-24)5-6-20-3-1-2-4-22(20)18-27-11-13-28(14-12-27)23-9-7-21(8-10-23)25(30)31/h1-4,7-10,15-17,29H,11-14,18H2,(H,30,31). The second kappa shape index (κ2) is 9.33. The molecule has 1 aromatic heterocycles. The third-order valence-electron chi connectivity index (χ3n) is 5.33. The maximum absolute atomic E-state index is 11.0. The molecule has 3 aromatic rings. The number of pyridine rings is 1. The first kappa shape index (κ1) is 20.5. The highest BCUT2D eigenvalue weighted by molar-refractivity contribution is 5.88. The van der Waals surface area contributed by atoms with Gasteiger partial charge in [0.05, 0.1) is 11.8 Å². The average Bonchev–Trinajstić information content (AvgIpc) is 2.79. The highest BCUT2D eigenvalue weighted by Gasteiger charge is 2.18. The monoisotopic (exact) mass is 413 g/mol. The van der Waals surface area contributed by atoms with Crippen molar-refractivity contribution < 1.29 is 15.0 Å². The number of nitrogens with zero attached hydrogens (tertiary/aromatic N) is 3. The summed E-state index contributed by atoms with van der Waals surface area (Å²) in [5.41, 5.74) is 4.18. The maximum atomic E-state index is 11.0. The lowest BCUT2D eigenvalue weighted by atomic mass is 10.1. The van der Waals surface area contributed by atoms with Crippen molar-refractivity contribution >= 4 is 11.7 Å². The molecule has 0 amide bonds. The predicted molar refractivity (Wildman–Crippen MR) is 119 cm³/mol. The van der Waals surface area contributed by atoms with Crippen LogP contribution in [0.4, 0.5) is 5.69 Å². The van der Waals surface area contributed by atoms with Crippen LogP contribution < -0.4 is 4.90 Å². The molecule has 2 aromatic carbocycles. The molecule has 1 saturated heterocycles. The first-order valence-corrected chi connectivity index (χ1v) is 10.1. The van der Waals surface area contributed by atoms with Gasteiger partial charge >= 0.3 is 5.97 Å². The van der Waals surface area contributed by atoms with Gasteiger partial charge in [-0.15, -0.1) is 0 Å². The molecule has 1 fully saturated rings. The Morgan fingerprint density at radius 3 is 2.42 bits per heavy atom. The van der Waals surface area contributed by atoms with Gasteiger partial charge in [0.25, 0.3) is 0 Å². The number of aromatic hydroxyl groups is 1. The smallest absolute Gasteiger partial charge is 0.335 e. The van der Waals surface area contributed by atoms with E-state index in [1.165, 1.54) is 11.8 Å². The largest absolute Gasteiger partial charge is 0.506 e. The number of aromatic nitrogens is 1. The third-order valence-corrected chi connectivity index (χ3v) is 5.33. The average molecular weight is 413 g/mol. The number of aromatic carboxylic acids is 1. The van der Waals surface area contributed by atoms with Crippen LogP contribution in [-0.4, -0.2) is 52.2 Å². The molecule has 1 aliphatic heterocycles. The fourth-order valence-corrected chi connectivity index (χ4v) is 3.64. The molecule has 1 aliphatic rings. The lowest BCUT2D eigenvalue weighted by Gasteiger charge is -2.36. The second-order valence-corrected chi connectivity index (χ2v) is 7.45. The number of carbonyl (C=O) groups is 1. The van der Waals surface area contributed by atoms with Crippen molar-refractivity contribution in [3.8, 4) is 17.6 Å². The van der Waals surface area contributed by atoms with Gasteiger partial charge in [-0.05, 0) is 42.0 Å². The summed E-state index contributed by atoms with van der Waals surface area (Å²) in [5, 5.41) is 18.6. The molecule has 2 heterocycles. The Hall–Kier alpha value is -3.82.